The van der Waals surface area contributed by atoms with Gasteiger partial charge in [-0.2, -0.15) is 0 Å². The van der Waals surface area contributed by atoms with E-state index in [1.165, 1.54) is 38.5 Å². The van der Waals surface area contributed by atoms with E-state index in [-0.39, 0.29) is 18.9 Å². The fraction of sp³-hybridized carbons (Fsp3) is 0.731. The van der Waals surface area contributed by atoms with Gasteiger partial charge in [0.1, 0.15) is 6.10 Å². The van der Waals surface area contributed by atoms with Gasteiger partial charge in [-0.3, -0.25) is 0 Å². The Morgan fingerprint density at radius 2 is 1.69 bits per heavy atom. The van der Waals surface area contributed by atoms with Gasteiger partial charge in [-0.15, -0.1) is 0 Å². The van der Waals surface area contributed by atoms with Crippen molar-refractivity contribution in [1.82, 2.24) is 4.90 Å². The Morgan fingerprint density at radius 1 is 1.03 bits per heavy atom. The van der Waals surface area contributed by atoms with Crippen LogP contribution in [0.15, 0.2) is 30.3 Å². The van der Waals surface area contributed by atoms with Crippen molar-refractivity contribution in [3.8, 4) is 0 Å². The number of carbonyl (C=O) groups is 1. The summed E-state index contributed by atoms with van der Waals surface area (Å²) in [6, 6.07) is 8.47. The molecule has 3 aliphatic rings. The fourth-order valence-electron chi connectivity index (χ4n) is 5.88. The van der Waals surface area contributed by atoms with Crippen LogP contribution in [0.25, 0.3) is 0 Å². The fourth-order valence-corrected chi connectivity index (χ4v) is 5.88. The predicted octanol–water partition coefficient (Wildman–Crippen LogP) is 5.29. The first-order chi connectivity index (χ1) is 15.4. The first kappa shape index (κ1) is 23.6. The summed E-state index contributed by atoms with van der Waals surface area (Å²) in [5.41, 5.74) is -1.68. The molecule has 178 valence electrons. The molecular formula is C26H37F2NO3. The van der Waals surface area contributed by atoms with Crippen molar-refractivity contribution in [2.24, 2.45) is 11.8 Å². The Hall–Kier alpha value is -1.53. The van der Waals surface area contributed by atoms with E-state index < -0.39 is 29.8 Å². The summed E-state index contributed by atoms with van der Waals surface area (Å²) in [6.45, 7) is 2.87. The highest BCUT2D eigenvalue weighted by Crippen LogP contribution is 2.48. The molecule has 2 atom stereocenters. The van der Waals surface area contributed by atoms with Crippen LogP contribution in [0.2, 0.25) is 0 Å². The summed E-state index contributed by atoms with van der Waals surface area (Å²) in [7, 11) is 0. The Morgan fingerprint density at radius 3 is 2.28 bits per heavy atom. The predicted molar refractivity (Wildman–Crippen MR) is 119 cm³/mol. The van der Waals surface area contributed by atoms with Gasteiger partial charge >= 0.3 is 5.97 Å². The van der Waals surface area contributed by atoms with Crippen molar-refractivity contribution in [3.05, 3.63) is 35.9 Å². The van der Waals surface area contributed by atoms with Crippen molar-refractivity contribution in [3.63, 3.8) is 0 Å². The van der Waals surface area contributed by atoms with E-state index in [9.17, 15) is 18.7 Å². The lowest BCUT2D eigenvalue weighted by Gasteiger charge is -2.37. The molecule has 1 aliphatic heterocycles. The quantitative estimate of drug-likeness (QED) is 0.474. The van der Waals surface area contributed by atoms with Crippen LogP contribution >= 0.6 is 0 Å². The molecule has 4 rings (SSSR count). The van der Waals surface area contributed by atoms with Crippen molar-refractivity contribution >= 4 is 5.97 Å². The molecule has 1 saturated heterocycles. The molecule has 2 aliphatic carbocycles. The zero-order valence-corrected chi connectivity index (χ0v) is 19.0. The Balaban J connectivity index is 1.37. The number of ether oxygens (including phenoxy) is 1. The first-order valence-corrected chi connectivity index (χ1v) is 12.5. The number of carbonyl (C=O) groups excluding carboxylic acids is 1. The highest BCUT2D eigenvalue weighted by atomic mass is 19.3. The average molecular weight is 450 g/mol. The SMILES string of the molecule is O=C(OC1CCN(CC2CCCCCC2)CC1)[C@](O)(c1ccccc1)[C@@H]1CCC(F)(F)C1. The molecule has 1 aromatic rings. The maximum atomic E-state index is 14.0. The molecular weight excluding hydrogens is 412 g/mol. The number of alkyl halides is 2. The van der Waals surface area contributed by atoms with Crippen LogP contribution < -0.4 is 0 Å². The third-order valence-corrected chi connectivity index (χ3v) is 7.82. The topological polar surface area (TPSA) is 49.8 Å². The number of piperidine rings is 1. The standard InChI is InChI=1S/C26H37F2NO3/c27-25(28)15-12-22(18-25)26(31,21-10-6-3-7-11-21)24(30)32-23-13-16-29(17-14-23)19-20-8-4-1-2-5-9-20/h3,6-7,10-11,20,22-23,31H,1-2,4-5,8-9,12-19H2/t22-,26+/m1/s1. The number of benzene rings is 1. The van der Waals surface area contributed by atoms with Gasteiger partial charge < -0.3 is 14.7 Å². The summed E-state index contributed by atoms with van der Waals surface area (Å²) in [4.78, 5) is 15.7. The highest BCUT2D eigenvalue weighted by molar-refractivity contribution is 5.81. The second kappa shape index (κ2) is 10.2. The smallest absolute Gasteiger partial charge is 0.343 e. The third-order valence-electron chi connectivity index (χ3n) is 7.82. The van der Waals surface area contributed by atoms with Gasteiger partial charge in [0, 0.05) is 38.4 Å². The molecule has 0 amide bonds. The van der Waals surface area contributed by atoms with Gasteiger partial charge in [-0.25, -0.2) is 13.6 Å². The largest absolute Gasteiger partial charge is 0.460 e. The van der Waals surface area contributed by atoms with Crippen molar-refractivity contribution in [1.29, 1.82) is 0 Å². The zero-order chi connectivity index (χ0) is 22.6. The number of aliphatic hydroxyl groups is 1. The van der Waals surface area contributed by atoms with Gasteiger partial charge in [0.15, 0.2) is 5.60 Å². The minimum atomic E-state index is -2.85. The molecule has 2 saturated carbocycles. The lowest BCUT2D eigenvalue weighted by atomic mass is 9.80. The molecule has 0 radical (unpaired) electrons. The molecule has 0 unspecified atom stereocenters. The Kier molecular flexibility index (Phi) is 7.51. The summed E-state index contributed by atoms with van der Waals surface area (Å²) in [6.07, 6.45) is 8.47. The van der Waals surface area contributed by atoms with Crippen LogP contribution in [-0.2, 0) is 15.1 Å². The molecule has 1 aromatic carbocycles. The minimum absolute atomic E-state index is 0.104. The van der Waals surface area contributed by atoms with Crippen LogP contribution in [0.1, 0.15) is 76.2 Å². The van der Waals surface area contributed by atoms with Crippen molar-refractivity contribution < 1.29 is 23.4 Å². The molecule has 32 heavy (non-hydrogen) atoms. The molecule has 6 heteroatoms. The highest BCUT2D eigenvalue weighted by Gasteiger charge is 2.54. The van der Waals surface area contributed by atoms with Crippen LogP contribution in [0, 0.1) is 11.8 Å². The molecule has 1 N–H and O–H groups in total. The van der Waals surface area contributed by atoms with E-state index in [2.05, 4.69) is 4.90 Å². The zero-order valence-electron chi connectivity index (χ0n) is 19.0. The normalized spacial score (nSPS) is 27.5. The molecule has 0 aromatic heterocycles. The molecule has 0 bridgehead atoms. The van der Waals surface area contributed by atoms with E-state index in [0.29, 0.717) is 5.56 Å². The van der Waals surface area contributed by atoms with Crippen molar-refractivity contribution in [2.45, 2.75) is 88.3 Å². The van der Waals surface area contributed by atoms with Gasteiger partial charge in [-0.1, -0.05) is 56.0 Å². The van der Waals surface area contributed by atoms with Gasteiger partial charge in [0.05, 0.1) is 0 Å². The van der Waals surface area contributed by atoms with Gasteiger partial charge in [0.2, 0.25) is 5.92 Å². The average Bonchev–Trinajstić information content (AvgIpc) is 2.98. The van der Waals surface area contributed by atoms with Crippen LogP contribution in [0.4, 0.5) is 8.78 Å². The van der Waals surface area contributed by atoms with E-state index in [0.717, 1.165) is 38.4 Å². The van der Waals surface area contributed by atoms with Gasteiger partial charge in [0.25, 0.3) is 0 Å². The van der Waals surface area contributed by atoms with E-state index in [1.54, 1.807) is 30.3 Å². The van der Waals surface area contributed by atoms with Gasteiger partial charge in [-0.05, 0) is 43.6 Å². The number of hydrogen-bond acceptors (Lipinski definition) is 4. The maximum Gasteiger partial charge on any atom is 0.343 e. The van der Waals surface area contributed by atoms with Crippen LogP contribution in [-0.4, -0.2) is 47.6 Å². The Labute approximate surface area is 190 Å². The number of rotatable bonds is 6. The minimum Gasteiger partial charge on any atom is -0.460 e. The van der Waals surface area contributed by atoms with E-state index in [4.69, 9.17) is 4.74 Å². The number of nitrogens with zero attached hydrogens (tertiary/aromatic N) is 1. The van der Waals surface area contributed by atoms with Crippen LogP contribution in [0.5, 0.6) is 0 Å². The number of hydrogen-bond donors (Lipinski definition) is 1. The Bertz CT molecular complexity index is 743. The monoisotopic (exact) mass is 449 g/mol. The first-order valence-electron chi connectivity index (χ1n) is 12.5. The molecule has 1 heterocycles. The summed E-state index contributed by atoms with van der Waals surface area (Å²) < 4.78 is 33.7. The summed E-state index contributed by atoms with van der Waals surface area (Å²) >= 11 is 0. The second-order valence-electron chi connectivity index (χ2n) is 10.2. The lowest BCUT2D eigenvalue weighted by molar-refractivity contribution is -0.182. The molecule has 3 fully saturated rings. The summed E-state index contributed by atoms with van der Waals surface area (Å²) in [5, 5.41) is 11.5. The molecule has 4 nitrogen and oxygen atoms in total. The summed E-state index contributed by atoms with van der Waals surface area (Å²) in [5.74, 6) is -3.70. The maximum absolute atomic E-state index is 14.0. The third kappa shape index (κ3) is 5.51. The van der Waals surface area contributed by atoms with Crippen molar-refractivity contribution in [2.75, 3.05) is 19.6 Å². The van der Waals surface area contributed by atoms with E-state index in [1.807, 2.05) is 0 Å². The van der Waals surface area contributed by atoms with E-state index >= 15 is 0 Å². The molecule has 0 spiro atoms. The lowest BCUT2D eigenvalue weighted by Crippen LogP contribution is -2.47. The number of halogens is 2. The second-order valence-corrected chi connectivity index (χ2v) is 10.2. The number of likely N-dealkylation sites (tertiary alicyclic amines) is 1. The van der Waals surface area contributed by atoms with Crippen LogP contribution in [0.3, 0.4) is 0 Å². The number of esters is 1.